The number of nitrogens with one attached hydrogen (secondary N) is 1. The lowest BCUT2D eigenvalue weighted by Crippen LogP contribution is -2.19. The molecule has 0 saturated heterocycles. The quantitative estimate of drug-likeness (QED) is 0.392. The van der Waals surface area contributed by atoms with E-state index < -0.39 is 5.63 Å². The number of para-hydroxylation sites is 1. The number of aromatic nitrogens is 3. The second kappa shape index (κ2) is 8.27. The maximum atomic E-state index is 12.7. The van der Waals surface area contributed by atoms with Crippen molar-refractivity contribution < 1.29 is 18.5 Å². The SMILES string of the molecule is CCOc1ccccc1-c1cc(NC(=O)Cn2ncc3c(=O)oc4ccc(C)cc4c32)on1. The van der Waals surface area contributed by atoms with Gasteiger partial charge in [0, 0.05) is 17.0 Å². The topological polar surface area (TPSA) is 112 Å². The lowest BCUT2D eigenvalue weighted by atomic mass is 10.1. The van der Waals surface area contributed by atoms with Gasteiger partial charge in [0.15, 0.2) is 0 Å². The highest BCUT2D eigenvalue weighted by molar-refractivity contribution is 6.03. The number of ether oxygens (including phenoxy) is 1. The fraction of sp³-hybridized carbons (Fsp3) is 0.167. The number of anilines is 1. The number of nitrogens with zero attached hydrogens (tertiary/aromatic N) is 3. The Hall–Kier alpha value is -4.40. The van der Waals surface area contributed by atoms with Crippen LogP contribution in [0.15, 0.2) is 68.5 Å². The zero-order valence-corrected chi connectivity index (χ0v) is 18.0. The molecule has 0 radical (unpaired) electrons. The van der Waals surface area contributed by atoms with E-state index in [1.54, 1.807) is 12.1 Å². The van der Waals surface area contributed by atoms with Crippen molar-refractivity contribution in [2.24, 2.45) is 0 Å². The van der Waals surface area contributed by atoms with E-state index in [0.29, 0.717) is 39.9 Å². The number of carbonyl (C=O) groups excluding carboxylic acids is 1. The van der Waals surface area contributed by atoms with Crippen molar-refractivity contribution in [3.63, 3.8) is 0 Å². The predicted octanol–water partition coefficient (Wildman–Crippen LogP) is 4.14. The summed E-state index contributed by atoms with van der Waals surface area (Å²) in [6, 6.07) is 14.6. The summed E-state index contributed by atoms with van der Waals surface area (Å²) >= 11 is 0. The van der Waals surface area contributed by atoms with Gasteiger partial charge in [-0.3, -0.25) is 14.8 Å². The zero-order valence-electron chi connectivity index (χ0n) is 18.0. The van der Waals surface area contributed by atoms with Crippen LogP contribution in [-0.2, 0) is 11.3 Å². The van der Waals surface area contributed by atoms with Gasteiger partial charge in [0.1, 0.15) is 29.0 Å². The van der Waals surface area contributed by atoms with Gasteiger partial charge in [0.25, 0.3) is 0 Å². The Morgan fingerprint density at radius 2 is 2.00 bits per heavy atom. The molecule has 1 amide bonds. The van der Waals surface area contributed by atoms with Crippen LogP contribution in [0.2, 0.25) is 0 Å². The number of carbonyl (C=O) groups is 1. The summed E-state index contributed by atoms with van der Waals surface area (Å²) in [4.78, 5) is 25.1. The molecule has 0 aliphatic rings. The van der Waals surface area contributed by atoms with Crippen LogP contribution in [0.5, 0.6) is 5.75 Å². The van der Waals surface area contributed by atoms with E-state index in [4.69, 9.17) is 13.7 Å². The maximum absolute atomic E-state index is 12.7. The highest BCUT2D eigenvalue weighted by Crippen LogP contribution is 2.30. The van der Waals surface area contributed by atoms with Crippen LogP contribution in [0, 0.1) is 6.92 Å². The molecule has 2 aromatic carbocycles. The standard InChI is InChI=1S/C24H20N4O5/c1-3-31-19-7-5-4-6-15(19)18-11-22(33-27-18)26-21(29)13-28-23-16-10-14(2)8-9-20(16)32-24(30)17(23)12-25-28/h4-12H,3,13H2,1-2H3,(H,26,29). The summed E-state index contributed by atoms with van der Waals surface area (Å²) in [6.07, 6.45) is 1.41. The monoisotopic (exact) mass is 444 g/mol. The van der Waals surface area contributed by atoms with Gasteiger partial charge in [-0.15, -0.1) is 0 Å². The van der Waals surface area contributed by atoms with E-state index >= 15 is 0 Å². The van der Waals surface area contributed by atoms with Crippen molar-refractivity contribution in [2.45, 2.75) is 20.4 Å². The minimum absolute atomic E-state index is 0.123. The molecular weight excluding hydrogens is 424 g/mol. The second-order valence-corrected chi connectivity index (χ2v) is 7.51. The van der Waals surface area contributed by atoms with Crippen molar-refractivity contribution >= 4 is 33.7 Å². The van der Waals surface area contributed by atoms with Crippen molar-refractivity contribution in [1.29, 1.82) is 0 Å². The van der Waals surface area contributed by atoms with Gasteiger partial charge in [-0.05, 0) is 38.1 Å². The number of hydrogen-bond acceptors (Lipinski definition) is 7. The molecule has 1 N–H and O–H groups in total. The Bertz CT molecular complexity index is 1550. The fourth-order valence-electron chi connectivity index (χ4n) is 3.75. The Kier molecular flexibility index (Phi) is 5.14. The summed E-state index contributed by atoms with van der Waals surface area (Å²) in [6.45, 7) is 4.23. The Morgan fingerprint density at radius 1 is 1.15 bits per heavy atom. The molecule has 9 heteroatoms. The number of benzene rings is 2. The minimum Gasteiger partial charge on any atom is -0.493 e. The number of amides is 1. The van der Waals surface area contributed by atoms with Gasteiger partial charge in [-0.25, -0.2) is 4.79 Å². The largest absolute Gasteiger partial charge is 0.493 e. The van der Waals surface area contributed by atoms with E-state index in [0.717, 1.165) is 11.1 Å². The molecule has 0 unspecified atom stereocenters. The van der Waals surface area contributed by atoms with Crippen LogP contribution in [-0.4, -0.2) is 27.5 Å². The first-order valence-corrected chi connectivity index (χ1v) is 10.4. The number of aryl methyl sites for hydroxylation is 1. The zero-order chi connectivity index (χ0) is 22.9. The molecule has 0 bridgehead atoms. The van der Waals surface area contributed by atoms with Gasteiger partial charge in [0.05, 0.1) is 18.3 Å². The van der Waals surface area contributed by atoms with Crippen LogP contribution in [0.25, 0.3) is 33.1 Å². The lowest BCUT2D eigenvalue weighted by Gasteiger charge is -2.07. The third-order valence-corrected chi connectivity index (χ3v) is 5.18. The number of hydrogen-bond donors (Lipinski definition) is 1. The van der Waals surface area contributed by atoms with Crippen molar-refractivity contribution in [2.75, 3.05) is 11.9 Å². The fourth-order valence-corrected chi connectivity index (χ4v) is 3.75. The Labute approximate surface area is 187 Å². The maximum Gasteiger partial charge on any atom is 0.347 e. The predicted molar refractivity (Wildman–Crippen MR) is 122 cm³/mol. The average molecular weight is 444 g/mol. The molecule has 0 spiro atoms. The summed E-state index contributed by atoms with van der Waals surface area (Å²) in [5.74, 6) is 0.489. The first-order valence-electron chi connectivity index (χ1n) is 10.4. The van der Waals surface area contributed by atoms with Crippen LogP contribution in [0.4, 0.5) is 5.88 Å². The van der Waals surface area contributed by atoms with E-state index in [1.165, 1.54) is 10.9 Å². The van der Waals surface area contributed by atoms with Gasteiger partial charge < -0.3 is 13.7 Å². The summed E-state index contributed by atoms with van der Waals surface area (Å²) < 4.78 is 17.8. The van der Waals surface area contributed by atoms with Crippen LogP contribution in [0.1, 0.15) is 12.5 Å². The summed E-state index contributed by atoms with van der Waals surface area (Å²) in [5.41, 5.74) is 2.78. The molecule has 9 nitrogen and oxygen atoms in total. The summed E-state index contributed by atoms with van der Waals surface area (Å²) in [7, 11) is 0. The smallest absolute Gasteiger partial charge is 0.347 e. The molecule has 0 aliphatic carbocycles. The van der Waals surface area contributed by atoms with Crippen LogP contribution < -0.4 is 15.7 Å². The third kappa shape index (κ3) is 3.84. The normalized spacial score (nSPS) is 11.2. The molecule has 0 atom stereocenters. The molecule has 0 aliphatic heterocycles. The van der Waals surface area contributed by atoms with E-state index in [2.05, 4.69) is 15.6 Å². The molecule has 0 fully saturated rings. The Balaban J connectivity index is 1.41. The number of fused-ring (bicyclic) bond motifs is 3. The molecule has 0 saturated carbocycles. The van der Waals surface area contributed by atoms with E-state index in [-0.39, 0.29) is 18.3 Å². The molecule has 3 heterocycles. The van der Waals surface area contributed by atoms with Gasteiger partial charge in [-0.2, -0.15) is 5.10 Å². The molecule has 166 valence electrons. The first kappa shape index (κ1) is 20.5. The van der Waals surface area contributed by atoms with Crippen molar-refractivity contribution in [3.05, 3.63) is 70.7 Å². The van der Waals surface area contributed by atoms with Gasteiger partial charge in [0.2, 0.25) is 11.8 Å². The molecule has 3 aromatic heterocycles. The van der Waals surface area contributed by atoms with Crippen molar-refractivity contribution in [1.82, 2.24) is 14.9 Å². The van der Waals surface area contributed by atoms with Crippen LogP contribution in [0.3, 0.4) is 0 Å². The minimum atomic E-state index is -0.499. The van der Waals surface area contributed by atoms with Crippen LogP contribution >= 0.6 is 0 Å². The van der Waals surface area contributed by atoms with Crippen molar-refractivity contribution in [3.8, 4) is 17.0 Å². The first-order chi connectivity index (χ1) is 16.0. The number of rotatable bonds is 6. The highest BCUT2D eigenvalue weighted by Gasteiger charge is 2.17. The van der Waals surface area contributed by atoms with E-state index in [9.17, 15) is 9.59 Å². The molecular formula is C24H20N4O5. The second-order valence-electron chi connectivity index (χ2n) is 7.51. The van der Waals surface area contributed by atoms with Gasteiger partial charge in [-0.1, -0.05) is 28.9 Å². The lowest BCUT2D eigenvalue weighted by molar-refractivity contribution is -0.117. The molecule has 5 aromatic rings. The highest BCUT2D eigenvalue weighted by atomic mass is 16.5. The Morgan fingerprint density at radius 3 is 2.85 bits per heavy atom. The third-order valence-electron chi connectivity index (χ3n) is 5.18. The average Bonchev–Trinajstić information content (AvgIpc) is 3.43. The van der Waals surface area contributed by atoms with E-state index in [1.807, 2.05) is 50.2 Å². The summed E-state index contributed by atoms with van der Waals surface area (Å²) in [5, 5.41) is 12.0. The molecule has 33 heavy (non-hydrogen) atoms. The van der Waals surface area contributed by atoms with Gasteiger partial charge >= 0.3 is 5.63 Å². The molecule has 5 rings (SSSR count).